The summed E-state index contributed by atoms with van der Waals surface area (Å²) in [6, 6.07) is 14.9. The zero-order valence-electron chi connectivity index (χ0n) is 11.5. The summed E-state index contributed by atoms with van der Waals surface area (Å²) in [7, 11) is 0. The monoisotopic (exact) mass is 293 g/mol. The zero-order chi connectivity index (χ0) is 14.9. The number of benzene rings is 2. The molecule has 0 bridgehead atoms. The van der Waals surface area contributed by atoms with Gasteiger partial charge in [0.2, 0.25) is 6.79 Å². The first kappa shape index (κ1) is 12.6. The van der Waals surface area contributed by atoms with E-state index in [4.69, 9.17) is 14.3 Å². The Balaban J connectivity index is 1.73. The van der Waals surface area contributed by atoms with E-state index < -0.39 is 5.97 Å². The van der Waals surface area contributed by atoms with Gasteiger partial charge in [-0.1, -0.05) is 41.6 Å². The van der Waals surface area contributed by atoms with Gasteiger partial charge in [-0.2, -0.15) is 0 Å². The molecule has 0 aromatic heterocycles. The number of carbonyl (C=O) groups is 1. The van der Waals surface area contributed by atoms with Gasteiger partial charge in [0.15, 0.2) is 11.5 Å². The Kier molecular flexibility index (Phi) is 2.89. The first-order valence-electron chi connectivity index (χ1n) is 6.78. The normalized spacial score (nSPS) is 17.5. The van der Waals surface area contributed by atoms with Crippen LogP contribution >= 0.6 is 0 Å². The zero-order valence-corrected chi connectivity index (χ0v) is 11.5. The summed E-state index contributed by atoms with van der Waals surface area (Å²) >= 11 is 0. The number of carbonyl (C=O) groups excluding carboxylic acids is 1. The SMILES string of the molecule is O=C1ON=C(c2ccccc2)/C1=C\c1ccc2c(c1)OCO2. The minimum absolute atomic E-state index is 0.216. The summed E-state index contributed by atoms with van der Waals surface area (Å²) in [5.74, 6) is 0.906. The first-order valence-corrected chi connectivity index (χ1v) is 6.78. The Labute approximate surface area is 126 Å². The molecule has 2 aliphatic rings. The molecule has 108 valence electrons. The molecule has 0 saturated heterocycles. The van der Waals surface area contributed by atoms with E-state index >= 15 is 0 Å². The Hall–Kier alpha value is -3.08. The van der Waals surface area contributed by atoms with Crippen LogP contribution in [0.1, 0.15) is 11.1 Å². The van der Waals surface area contributed by atoms with Gasteiger partial charge >= 0.3 is 5.97 Å². The summed E-state index contributed by atoms with van der Waals surface area (Å²) in [6.45, 7) is 0.216. The van der Waals surface area contributed by atoms with Crippen LogP contribution < -0.4 is 9.47 Å². The number of rotatable bonds is 2. The molecular weight excluding hydrogens is 282 g/mol. The summed E-state index contributed by atoms with van der Waals surface area (Å²) in [4.78, 5) is 16.8. The van der Waals surface area contributed by atoms with Gasteiger partial charge in [-0.05, 0) is 23.8 Å². The fourth-order valence-corrected chi connectivity index (χ4v) is 2.38. The van der Waals surface area contributed by atoms with Crippen molar-refractivity contribution in [3.8, 4) is 11.5 Å². The van der Waals surface area contributed by atoms with E-state index in [2.05, 4.69) is 5.16 Å². The smallest absolute Gasteiger partial charge is 0.368 e. The van der Waals surface area contributed by atoms with Gasteiger partial charge in [0.1, 0.15) is 5.71 Å². The number of ether oxygens (including phenoxy) is 2. The van der Waals surface area contributed by atoms with E-state index in [0.29, 0.717) is 22.8 Å². The fraction of sp³-hybridized carbons (Fsp3) is 0.0588. The van der Waals surface area contributed by atoms with Crippen LogP contribution in [0.15, 0.2) is 59.3 Å². The second-order valence-electron chi connectivity index (χ2n) is 4.86. The minimum Gasteiger partial charge on any atom is -0.454 e. The first-order chi connectivity index (χ1) is 10.8. The van der Waals surface area contributed by atoms with E-state index in [1.165, 1.54) is 0 Å². The molecule has 0 fully saturated rings. The van der Waals surface area contributed by atoms with Crippen LogP contribution in [-0.2, 0) is 9.63 Å². The molecule has 0 N–H and O–H groups in total. The molecule has 2 heterocycles. The molecule has 0 amide bonds. The lowest BCUT2D eigenvalue weighted by Crippen LogP contribution is -2.06. The van der Waals surface area contributed by atoms with Crippen LogP contribution in [0.5, 0.6) is 11.5 Å². The van der Waals surface area contributed by atoms with E-state index in [1.807, 2.05) is 48.5 Å². The summed E-state index contributed by atoms with van der Waals surface area (Å²) in [5.41, 5.74) is 2.61. The highest BCUT2D eigenvalue weighted by Crippen LogP contribution is 2.33. The number of hydrogen-bond acceptors (Lipinski definition) is 5. The van der Waals surface area contributed by atoms with Gasteiger partial charge in [-0.3, -0.25) is 0 Å². The third-order valence-electron chi connectivity index (χ3n) is 3.45. The predicted molar refractivity (Wildman–Crippen MR) is 79.6 cm³/mol. The maximum atomic E-state index is 11.9. The second kappa shape index (κ2) is 5.04. The van der Waals surface area contributed by atoms with Crippen molar-refractivity contribution in [1.29, 1.82) is 0 Å². The number of nitrogens with zero attached hydrogens (tertiary/aromatic N) is 1. The quantitative estimate of drug-likeness (QED) is 0.631. The molecule has 5 nitrogen and oxygen atoms in total. The van der Waals surface area contributed by atoms with Gasteiger partial charge < -0.3 is 14.3 Å². The average Bonchev–Trinajstić information content (AvgIpc) is 3.15. The summed E-state index contributed by atoms with van der Waals surface area (Å²) in [5, 5.41) is 3.88. The van der Waals surface area contributed by atoms with Crippen molar-refractivity contribution >= 4 is 17.8 Å². The molecule has 5 heteroatoms. The minimum atomic E-state index is -0.462. The van der Waals surface area contributed by atoms with Crippen molar-refractivity contribution in [3.63, 3.8) is 0 Å². The van der Waals surface area contributed by atoms with Crippen LogP contribution in [0.25, 0.3) is 6.08 Å². The topological polar surface area (TPSA) is 57.1 Å². The lowest BCUT2D eigenvalue weighted by molar-refractivity contribution is -0.136. The number of fused-ring (bicyclic) bond motifs is 1. The average molecular weight is 293 g/mol. The van der Waals surface area contributed by atoms with E-state index in [0.717, 1.165) is 11.1 Å². The Bertz CT molecular complexity index is 809. The third-order valence-corrected chi connectivity index (χ3v) is 3.45. The molecule has 2 aliphatic heterocycles. The van der Waals surface area contributed by atoms with Crippen molar-refractivity contribution in [1.82, 2.24) is 0 Å². The molecule has 0 spiro atoms. The predicted octanol–water partition coefficient (Wildman–Crippen LogP) is 2.76. The molecule has 0 unspecified atom stereocenters. The summed E-state index contributed by atoms with van der Waals surface area (Å²) < 4.78 is 10.6. The Morgan fingerprint density at radius 2 is 1.82 bits per heavy atom. The highest BCUT2D eigenvalue weighted by Gasteiger charge is 2.26. The molecule has 0 saturated carbocycles. The fourth-order valence-electron chi connectivity index (χ4n) is 2.38. The van der Waals surface area contributed by atoms with E-state index in [1.54, 1.807) is 6.08 Å². The van der Waals surface area contributed by atoms with Crippen molar-refractivity contribution in [3.05, 3.63) is 65.2 Å². The number of oxime groups is 1. The maximum Gasteiger partial charge on any atom is 0.368 e. The van der Waals surface area contributed by atoms with Crippen LogP contribution in [0.3, 0.4) is 0 Å². The maximum absolute atomic E-state index is 11.9. The van der Waals surface area contributed by atoms with Crippen LogP contribution in [-0.4, -0.2) is 18.5 Å². The highest BCUT2D eigenvalue weighted by atomic mass is 16.7. The summed E-state index contributed by atoms with van der Waals surface area (Å²) in [6.07, 6.45) is 1.74. The lowest BCUT2D eigenvalue weighted by atomic mass is 10.0. The molecule has 0 atom stereocenters. The van der Waals surface area contributed by atoms with Crippen molar-refractivity contribution in [2.75, 3.05) is 6.79 Å². The van der Waals surface area contributed by atoms with Crippen LogP contribution in [0, 0.1) is 0 Å². The number of hydrogen-bond donors (Lipinski definition) is 0. The highest BCUT2D eigenvalue weighted by molar-refractivity contribution is 6.31. The lowest BCUT2D eigenvalue weighted by Gasteiger charge is -2.01. The van der Waals surface area contributed by atoms with Gasteiger partial charge in [0, 0.05) is 5.56 Å². The van der Waals surface area contributed by atoms with Gasteiger partial charge in [0.25, 0.3) is 0 Å². The van der Waals surface area contributed by atoms with Crippen molar-refractivity contribution in [2.45, 2.75) is 0 Å². The van der Waals surface area contributed by atoms with Crippen LogP contribution in [0.4, 0.5) is 0 Å². The van der Waals surface area contributed by atoms with Gasteiger partial charge in [-0.25, -0.2) is 4.79 Å². The third kappa shape index (κ3) is 2.13. The molecule has 2 aromatic rings. The van der Waals surface area contributed by atoms with Crippen molar-refractivity contribution < 1.29 is 19.1 Å². The standard InChI is InChI=1S/C17H11NO4/c19-17-13(16(18-22-17)12-4-2-1-3-5-12)8-11-6-7-14-15(9-11)21-10-20-14/h1-9H,10H2/b13-8+. The second-order valence-corrected chi connectivity index (χ2v) is 4.86. The molecule has 2 aromatic carbocycles. The molecular formula is C17H11NO4. The molecule has 22 heavy (non-hydrogen) atoms. The Morgan fingerprint density at radius 1 is 1.00 bits per heavy atom. The van der Waals surface area contributed by atoms with Crippen LogP contribution in [0.2, 0.25) is 0 Å². The molecule has 0 radical (unpaired) electrons. The Morgan fingerprint density at radius 3 is 2.68 bits per heavy atom. The van der Waals surface area contributed by atoms with Crippen molar-refractivity contribution in [2.24, 2.45) is 5.16 Å². The van der Waals surface area contributed by atoms with Gasteiger partial charge in [0.05, 0.1) is 5.57 Å². The molecule has 0 aliphatic carbocycles. The van der Waals surface area contributed by atoms with Gasteiger partial charge in [-0.15, -0.1) is 0 Å². The van der Waals surface area contributed by atoms with E-state index in [9.17, 15) is 4.79 Å². The largest absolute Gasteiger partial charge is 0.454 e. The van der Waals surface area contributed by atoms with E-state index in [-0.39, 0.29) is 6.79 Å². The molecule has 4 rings (SSSR count).